The largest absolute Gasteiger partial charge is 0.355 e. The molecular weight excluding hydrogens is 339 g/mol. The highest BCUT2D eigenvalue weighted by atomic mass is 35.5. The molecule has 1 aromatic rings. The number of aromatic nitrogens is 3. The highest BCUT2D eigenvalue weighted by Gasteiger charge is 2.19. The van der Waals surface area contributed by atoms with E-state index in [2.05, 4.69) is 32.7 Å². The predicted octanol–water partition coefficient (Wildman–Crippen LogP) is 0.484. The van der Waals surface area contributed by atoms with E-state index in [1.165, 1.54) is 0 Å². The summed E-state index contributed by atoms with van der Waals surface area (Å²) in [6.45, 7) is 6.07. The van der Waals surface area contributed by atoms with Crippen molar-refractivity contribution in [2.24, 2.45) is 0 Å². The first kappa shape index (κ1) is 22.1. The summed E-state index contributed by atoms with van der Waals surface area (Å²) < 4.78 is 1.99. The third kappa shape index (κ3) is 7.03. The van der Waals surface area contributed by atoms with Crippen molar-refractivity contribution in [3.8, 4) is 0 Å². The average Bonchev–Trinajstić information content (AvgIpc) is 2.95. The third-order valence-corrected chi connectivity index (χ3v) is 4.03. The van der Waals surface area contributed by atoms with Crippen LogP contribution in [0.3, 0.4) is 0 Å². The summed E-state index contributed by atoms with van der Waals surface area (Å²) in [4.78, 5) is 14.1. The molecule has 2 N–H and O–H groups in total. The summed E-state index contributed by atoms with van der Waals surface area (Å²) in [6, 6.07) is 0.514. The van der Waals surface area contributed by atoms with E-state index in [1.807, 2.05) is 11.6 Å². The molecule has 1 saturated heterocycles. The monoisotopic (exact) mass is 366 g/mol. The highest BCUT2D eigenvalue weighted by molar-refractivity contribution is 5.85. The van der Waals surface area contributed by atoms with Crippen LogP contribution in [0, 0.1) is 0 Å². The molecule has 2 heterocycles. The van der Waals surface area contributed by atoms with Crippen LogP contribution < -0.4 is 10.6 Å². The van der Waals surface area contributed by atoms with Gasteiger partial charge in [0, 0.05) is 25.6 Å². The molecule has 1 aliphatic rings. The smallest absolute Gasteiger partial charge is 0.234 e. The van der Waals surface area contributed by atoms with Gasteiger partial charge < -0.3 is 15.2 Å². The minimum atomic E-state index is 0. The maximum atomic E-state index is 12.0. The molecule has 0 aliphatic carbocycles. The van der Waals surface area contributed by atoms with Gasteiger partial charge in [0.05, 0.1) is 6.54 Å². The summed E-state index contributed by atoms with van der Waals surface area (Å²) in [6.07, 6.45) is 4.67. The number of likely N-dealkylation sites (N-methyl/N-ethyl adjacent to an activating group) is 1. The molecule has 1 fully saturated rings. The zero-order valence-corrected chi connectivity index (χ0v) is 15.5. The van der Waals surface area contributed by atoms with Crippen molar-refractivity contribution in [3.05, 3.63) is 12.2 Å². The lowest BCUT2D eigenvalue weighted by Gasteiger charge is -2.31. The van der Waals surface area contributed by atoms with Crippen molar-refractivity contribution in [1.82, 2.24) is 30.3 Å². The van der Waals surface area contributed by atoms with Crippen LogP contribution in [0.5, 0.6) is 0 Å². The lowest BCUT2D eigenvalue weighted by molar-refractivity contribution is -0.122. The summed E-state index contributed by atoms with van der Waals surface area (Å²) in [5.41, 5.74) is 0. The van der Waals surface area contributed by atoms with Crippen molar-refractivity contribution >= 4 is 30.7 Å². The molecule has 0 saturated carbocycles. The molecule has 0 radical (unpaired) electrons. The second kappa shape index (κ2) is 11.6. The van der Waals surface area contributed by atoms with Crippen molar-refractivity contribution in [2.75, 3.05) is 33.2 Å². The van der Waals surface area contributed by atoms with Gasteiger partial charge in [-0.25, -0.2) is 0 Å². The molecule has 134 valence electrons. The van der Waals surface area contributed by atoms with Gasteiger partial charge >= 0.3 is 0 Å². The first-order valence-electron chi connectivity index (χ1n) is 7.75. The molecule has 0 bridgehead atoms. The normalized spacial score (nSPS) is 14.9. The Labute approximate surface area is 150 Å². The summed E-state index contributed by atoms with van der Waals surface area (Å²) in [5.74, 6) is 1.00. The van der Waals surface area contributed by atoms with Crippen LogP contribution in [-0.2, 0) is 17.8 Å². The van der Waals surface area contributed by atoms with E-state index < -0.39 is 0 Å². The van der Waals surface area contributed by atoms with Crippen molar-refractivity contribution in [3.63, 3.8) is 0 Å². The van der Waals surface area contributed by atoms with Gasteiger partial charge in [0.1, 0.15) is 12.2 Å². The first-order chi connectivity index (χ1) is 10.2. The topological polar surface area (TPSA) is 75.1 Å². The van der Waals surface area contributed by atoms with Gasteiger partial charge in [0.25, 0.3) is 0 Å². The lowest BCUT2D eigenvalue weighted by atomic mass is 10.1. The van der Waals surface area contributed by atoms with E-state index in [9.17, 15) is 4.79 Å². The molecule has 2 rings (SSSR count). The number of hydrogen-bond acceptors (Lipinski definition) is 5. The van der Waals surface area contributed by atoms with E-state index in [1.54, 1.807) is 6.33 Å². The zero-order chi connectivity index (χ0) is 15.1. The number of aryl methyl sites for hydroxylation is 1. The predicted molar refractivity (Wildman–Crippen MR) is 95.4 cm³/mol. The maximum Gasteiger partial charge on any atom is 0.234 e. The van der Waals surface area contributed by atoms with E-state index in [0.29, 0.717) is 19.1 Å². The minimum absolute atomic E-state index is 0. The van der Waals surface area contributed by atoms with Gasteiger partial charge in [-0.05, 0) is 39.9 Å². The Hall–Kier alpha value is -0.890. The zero-order valence-electron chi connectivity index (χ0n) is 13.8. The van der Waals surface area contributed by atoms with Gasteiger partial charge in [-0.1, -0.05) is 0 Å². The number of nitrogens with zero attached hydrogens (tertiary/aromatic N) is 4. The SMILES string of the molecule is CCn1cnnc1CCNC(=O)CN(C)C1CCNCC1.Cl.Cl. The molecule has 0 spiro atoms. The lowest BCUT2D eigenvalue weighted by Crippen LogP contribution is -2.45. The first-order valence-corrected chi connectivity index (χ1v) is 7.75. The fourth-order valence-corrected chi connectivity index (χ4v) is 2.71. The van der Waals surface area contributed by atoms with E-state index >= 15 is 0 Å². The van der Waals surface area contributed by atoms with E-state index in [-0.39, 0.29) is 30.7 Å². The molecule has 7 nitrogen and oxygen atoms in total. The molecule has 1 aliphatic heterocycles. The Balaban J connectivity index is 0.00000242. The van der Waals surface area contributed by atoms with Crippen molar-refractivity contribution < 1.29 is 4.79 Å². The quantitative estimate of drug-likeness (QED) is 0.734. The Morgan fingerprint density at radius 3 is 2.78 bits per heavy atom. The Kier molecular flexibility index (Phi) is 11.2. The van der Waals surface area contributed by atoms with Gasteiger partial charge in [-0.3, -0.25) is 9.69 Å². The third-order valence-electron chi connectivity index (χ3n) is 4.03. The standard InChI is InChI=1S/C14H26N6O.2ClH/c1-3-20-11-17-18-13(20)6-9-16-14(21)10-19(2)12-4-7-15-8-5-12;;/h11-12,15H,3-10H2,1-2H3,(H,16,21);2*1H. The molecule has 0 unspecified atom stereocenters. The van der Waals surface area contributed by atoms with Crippen LogP contribution in [0.15, 0.2) is 6.33 Å². The molecule has 1 aromatic heterocycles. The van der Waals surface area contributed by atoms with Gasteiger partial charge in [-0.15, -0.1) is 35.0 Å². The van der Waals surface area contributed by atoms with Crippen LogP contribution >= 0.6 is 24.8 Å². The number of piperidine rings is 1. The molecular formula is C14H28Cl2N6O. The fourth-order valence-electron chi connectivity index (χ4n) is 2.71. The second-order valence-corrected chi connectivity index (χ2v) is 5.53. The number of rotatable bonds is 7. The Morgan fingerprint density at radius 2 is 2.13 bits per heavy atom. The second-order valence-electron chi connectivity index (χ2n) is 5.53. The van der Waals surface area contributed by atoms with Crippen molar-refractivity contribution in [1.29, 1.82) is 0 Å². The number of amides is 1. The highest BCUT2D eigenvalue weighted by Crippen LogP contribution is 2.08. The number of halogens is 2. The Bertz CT molecular complexity index is 450. The van der Waals surface area contributed by atoms with Crippen LogP contribution in [0.25, 0.3) is 0 Å². The van der Waals surface area contributed by atoms with Crippen LogP contribution in [0.2, 0.25) is 0 Å². The van der Waals surface area contributed by atoms with Crippen LogP contribution in [0.1, 0.15) is 25.6 Å². The van der Waals surface area contributed by atoms with Gasteiger partial charge in [0.15, 0.2) is 0 Å². The number of carbonyl (C=O) groups is 1. The van der Waals surface area contributed by atoms with E-state index in [4.69, 9.17) is 0 Å². The molecule has 1 amide bonds. The van der Waals surface area contributed by atoms with E-state index in [0.717, 1.165) is 44.7 Å². The molecule has 0 atom stereocenters. The summed E-state index contributed by atoms with van der Waals surface area (Å²) in [7, 11) is 2.03. The average molecular weight is 367 g/mol. The summed E-state index contributed by atoms with van der Waals surface area (Å²) in [5, 5.41) is 14.3. The number of carbonyl (C=O) groups excluding carboxylic acids is 1. The number of nitrogens with one attached hydrogen (secondary N) is 2. The molecule has 23 heavy (non-hydrogen) atoms. The maximum absolute atomic E-state index is 12.0. The summed E-state index contributed by atoms with van der Waals surface area (Å²) >= 11 is 0. The minimum Gasteiger partial charge on any atom is -0.355 e. The number of hydrogen-bond donors (Lipinski definition) is 2. The Morgan fingerprint density at radius 1 is 1.43 bits per heavy atom. The fraction of sp³-hybridized carbons (Fsp3) is 0.786. The van der Waals surface area contributed by atoms with Gasteiger partial charge in [-0.2, -0.15) is 0 Å². The van der Waals surface area contributed by atoms with Crippen LogP contribution in [0.4, 0.5) is 0 Å². The van der Waals surface area contributed by atoms with Gasteiger partial charge in [0.2, 0.25) is 5.91 Å². The van der Waals surface area contributed by atoms with Crippen molar-refractivity contribution in [2.45, 2.75) is 38.8 Å². The van der Waals surface area contributed by atoms with Crippen LogP contribution in [-0.4, -0.2) is 64.8 Å². The molecule has 0 aromatic carbocycles. The molecule has 9 heteroatoms.